The molecule has 0 radical (unpaired) electrons. The van der Waals surface area contributed by atoms with E-state index in [0.29, 0.717) is 36.3 Å². The molecule has 1 aliphatic heterocycles. The van der Waals surface area contributed by atoms with Crippen LogP contribution in [0.5, 0.6) is 5.75 Å². The van der Waals surface area contributed by atoms with Gasteiger partial charge in [0.25, 0.3) is 5.91 Å². The molecule has 6 nitrogen and oxygen atoms in total. The van der Waals surface area contributed by atoms with Gasteiger partial charge < -0.3 is 14.4 Å². The van der Waals surface area contributed by atoms with E-state index in [-0.39, 0.29) is 18.6 Å². The molecule has 0 N–H and O–H groups in total. The maximum Gasteiger partial charge on any atom is 0.260 e. The number of para-hydroxylation sites is 1. The van der Waals surface area contributed by atoms with Crippen molar-refractivity contribution in [2.24, 2.45) is 0 Å². The number of nitrogens with zero attached hydrogens (tertiary/aromatic N) is 3. The van der Waals surface area contributed by atoms with Gasteiger partial charge in [0.15, 0.2) is 6.61 Å². The molecule has 126 valence electrons. The van der Waals surface area contributed by atoms with Crippen molar-refractivity contribution in [2.75, 3.05) is 26.3 Å². The van der Waals surface area contributed by atoms with E-state index >= 15 is 0 Å². The molecule has 1 aromatic heterocycles. The number of carbonyl (C=O) groups is 1. The van der Waals surface area contributed by atoms with Crippen LogP contribution in [0, 0.1) is 6.92 Å². The molecule has 0 spiro atoms. The normalized spacial score (nSPS) is 17.6. The minimum absolute atomic E-state index is 0.0563. The fraction of sp³-hybridized carbons (Fsp3) is 0.353. The second-order valence-electron chi connectivity index (χ2n) is 5.45. The lowest BCUT2D eigenvalue weighted by molar-refractivity contribution is -0.141. The van der Waals surface area contributed by atoms with Crippen molar-refractivity contribution >= 4 is 17.5 Å². The Kier molecular flexibility index (Phi) is 5.27. The van der Waals surface area contributed by atoms with Gasteiger partial charge >= 0.3 is 0 Å². The van der Waals surface area contributed by atoms with E-state index in [0.717, 1.165) is 5.69 Å². The molecule has 0 saturated carbocycles. The van der Waals surface area contributed by atoms with Gasteiger partial charge in [0.05, 0.1) is 23.9 Å². The predicted octanol–water partition coefficient (Wildman–Crippen LogP) is 2.42. The van der Waals surface area contributed by atoms with Crippen molar-refractivity contribution in [3.63, 3.8) is 0 Å². The quantitative estimate of drug-likeness (QED) is 0.849. The molecule has 2 aromatic rings. The van der Waals surface area contributed by atoms with Crippen LogP contribution in [-0.2, 0) is 9.53 Å². The molecular weight excluding hydrogens is 330 g/mol. The van der Waals surface area contributed by atoms with Crippen LogP contribution in [0.2, 0.25) is 5.02 Å². The number of ether oxygens (including phenoxy) is 2. The summed E-state index contributed by atoms with van der Waals surface area (Å²) in [6, 6.07) is 8.90. The summed E-state index contributed by atoms with van der Waals surface area (Å²) >= 11 is 6.03. The highest BCUT2D eigenvalue weighted by molar-refractivity contribution is 6.32. The summed E-state index contributed by atoms with van der Waals surface area (Å²) in [5.41, 5.74) is 0.784. The monoisotopic (exact) mass is 347 g/mol. The van der Waals surface area contributed by atoms with Crippen LogP contribution in [-0.4, -0.2) is 47.1 Å². The van der Waals surface area contributed by atoms with Gasteiger partial charge in [0, 0.05) is 12.7 Å². The molecule has 0 bridgehead atoms. The van der Waals surface area contributed by atoms with Gasteiger partial charge in [-0.1, -0.05) is 23.7 Å². The van der Waals surface area contributed by atoms with Gasteiger partial charge in [0.1, 0.15) is 17.7 Å². The molecule has 0 aliphatic carbocycles. The second-order valence-corrected chi connectivity index (χ2v) is 5.85. The Labute approximate surface area is 145 Å². The summed E-state index contributed by atoms with van der Waals surface area (Å²) in [5, 5.41) is 0.488. The number of aryl methyl sites for hydroxylation is 1. The third kappa shape index (κ3) is 4.01. The smallest absolute Gasteiger partial charge is 0.260 e. The molecule has 1 atom stereocenters. The number of amides is 1. The second kappa shape index (κ2) is 7.59. The maximum absolute atomic E-state index is 12.4. The predicted molar refractivity (Wildman–Crippen MR) is 89.0 cm³/mol. The first-order chi connectivity index (χ1) is 11.6. The molecule has 3 rings (SSSR count). The lowest BCUT2D eigenvalue weighted by Gasteiger charge is -2.32. The highest BCUT2D eigenvalue weighted by Crippen LogP contribution is 2.24. The zero-order valence-electron chi connectivity index (χ0n) is 13.3. The maximum atomic E-state index is 12.4. The SMILES string of the molecule is Cc1nccc(C2CN(C(=O)COc3ccccc3Cl)CCO2)n1. The van der Waals surface area contributed by atoms with Crippen LogP contribution >= 0.6 is 11.6 Å². The number of rotatable bonds is 4. The summed E-state index contributed by atoms with van der Waals surface area (Å²) in [5.74, 6) is 1.08. The molecule has 7 heteroatoms. The molecule has 2 heterocycles. The highest BCUT2D eigenvalue weighted by Gasteiger charge is 2.26. The first-order valence-electron chi connectivity index (χ1n) is 7.70. The third-order valence-corrected chi connectivity index (χ3v) is 4.05. The summed E-state index contributed by atoms with van der Waals surface area (Å²) in [7, 11) is 0. The van der Waals surface area contributed by atoms with E-state index in [2.05, 4.69) is 9.97 Å². The number of hydrogen-bond donors (Lipinski definition) is 0. The van der Waals surface area contributed by atoms with Crippen LogP contribution in [0.4, 0.5) is 0 Å². The van der Waals surface area contributed by atoms with Crippen LogP contribution in [0.15, 0.2) is 36.5 Å². The van der Waals surface area contributed by atoms with Crippen molar-refractivity contribution in [3.8, 4) is 5.75 Å². The van der Waals surface area contributed by atoms with Crippen molar-refractivity contribution < 1.29 is 14.3 Å². The molecule has 1 aromatic carbocycles. The average molecular weight is 348 g/mol. The summed E-state index contributed by atoms with van der Waals surface area (Å²) < 4.78 is 11.3. The van der Waals surface area contributed by atoms with Gasteiger partial charge in [0.2, 0.25) is 0 Å². The fourth-order valence-electron chi connectivity index (χ4n) is 2.50. The van der Waals surface area contributed by atoms with Gasteiger partial charge in [-0.05, 0) is 25.1 Å². The number of halogens is 1. The zero-order chi connectivity index (χ0) is 16.9. The van der Waals surface area contributed by atoms with E-state index in [1.165, 1.54) is 0 Å². The van der Waals surface area contributed by atoms with Crippen molar-refractivity contribution in [1.82, 2.24) is 14.9 Å². The lowest BCUT2D eigenvalue weighted by Crippen LogP contribution is -2.44. The van der Waals surface area contributed by atoms with Crippen molar-refractivity contribution in [2.45, 2.75) is 13.0 Å². The molecule has 24 heavy (non-hydrogen) atoms. The fourth-order valence-corrected chi connectivity index (χ4v) is 2.69. The number of benzene rings is 1. The van der Waals surface area contributed by atoms with Crippen molar-refractivity contribution in [1.29, 1.82) is 0 Å². The first kappa shape index (κ1) is 16.7. The Morgan fingerprint density at radius 3 is 3.04 bits per heavy atom. The number of morpholine rings is 1. The first-order valence-corrected chi connectivity index (χ1v) is 8.07. The van der Waals surface area contributed by atoms with E-state index in [9.17, 15) is 4.79 Å². The molecular formula is C17H18ClN3O3. The summed E-state index contributed by atoms with van der Waals surface area (Å²) in [6.07, 6.45) is 1.45. The van der Waals surface area contributed by atoms with Crippen molar-refractivity contribution in [3.05, 3.63) is 53.1 Å². The Bertz CT molecular complexity index is 726. The minimum atomic E-state index is -0.246. The van der Waals surface area contributed by atoms with Gasteiger partial charge in [-0.15, -0.1) is 0 Å². The van der Waals surface area contributed by atoms with Gasteiger partial charge in [-0.3, -0.25) is 4.79 Å². The Morgan fingerprint density at radius 2 is 2.25 bits per heavy atom. The molecule has 1 aliphatic rings. The molecule has 1 unspecified atom stereocenters. The van der Waals surface area contributed by atoms with E-state index in [4.69, 9.17) is 21.1 Å². The average Bonchev–Trinajstić information content (AvgIpc) is 2.61. The van der Waals surface area contributed by atoms with Crippen LogP contribution < -0.4 is 4.74 Å². The van der Waals surface area contributed by atoms with E-state index in [1.54, 1.807) is 23.2 Å². The highest BCUT2D eigenvalue weighted by atomic mass is 35.5. The largest absolute Gasteiger partial charge is 0.482 e. The summed E-state index contributed by atoms with van der Waals surface area (Å²) in [4.78, 5) is 22.6. The van der Waals surface area contributed by atoms with Gasteiger partial charge in [-0.2, -0.15) is 0 Å². The van der Waals surface area contributed by atoms with Gasteiger partial charge in [-0.25, -0.2) is 9.97 Å². The van der Waals surface area contributed by atoms with Crippen LogP contribution in [0.25, 0.3) is 0 Å². The lowest BCUT2D eigenvalue weighted by atomic mass is 10.2. The Morgan fingerprint density at radius 1 is 1.42 bits per heavy atom. The standard InChI is InChI=1S/C17H18ClN3O3/c1-12-19-7-6-14(20-12)16-10-21(8-9-23-16)17(22)11-24-15-5-3-2-4-13(15)18/h2-7,16H,8-11H2,1H3. The number of carbonyl (C=O) groups excluding carboxylic acids is 1. The van der Waals surface area contributed by atoms with Crippen LogP contribution in [0.3, 0.4) is 0 Å². The zero-order valence-corrected chi connectivity index (χ0v) is 14.1. The number of aromatic nitrogens is 2. The Balaban J connectivity index is 1.60. The number of hydrogen-bond acceptors (Lipinski definition) is 5. The Hall–Kier alpha value is -2.18. The third-order valence-electron chi connectivity index (χ3n) is 3.73. The minimum Gasteiger partial charge on any atom is -0.482 e. The molecule has 1 saturated heterocycles. The molecule has 1 amide bonds. The van der Waals surface area contributed by atoms with E-state index < -0.39 is 0 Å². The topological polar surface area (TPSA) is 64.6 Å². The summed E-state index contributed by atoms with van der Waals surface area (Å²) in [6.45, 7) is 3.21. The van der Waals surface area contributed by atoms with Crippen LogP contribution in [0.1, 0.15) is 17.6 Å². The molecule has 1 fully saturated rings. The van der Waals surface area contributed by atoms with E-state index in [1.807, 2.05) is 25.1 Å².